The summed E-state index contributed by atoms with van der Waals surface area (Å²) in [6.45, 7) is 2.71. The molecule has 10 heteroatoms. The van der Waals surface area contributed by atoms with Gasteiger partial charge in [-0.1, -0.05) is 6.07 Å². The Labute approximate surface area is 207 Å². The number of hydrogen-bond donors (Lipinski definition) is 1. The summed E-state index contributed by atoms with van der Waals surface area (Å²) in [4.78, 5) is 16.6. The summed E-state index contributed by atoms with van der Waals surface area (Å²) in [5.41, 5.74) is 1.79. The fraction of sp³-hybridized carbons (Fsp3) is 0.269. The standard InChI is InChI=1S/C26H26N8O2/c1-26(33-17-4-15-28-33,13-18-32-16-3-14-27-32)36-21-11-9-19(10-12-21)22-5-2-6-23-29-25(31-34(22)23)30-24(35)20-7-8-20/h2-6,9-12,14-17,20H,7-8,13,18H2,1H3,(H,30,31,35). The van der Waals surface area contributed by atoms with E-state index in [0.29, 0.717) is 24.6 Å². The van der Waals surface area contributed by atoms with Gasteiger partial charge in [0, 0.05) is 49.2 Å². The molecule has 1 unspecified atom stereocenters. The minimum Gasteiger partial charge on any atom is -0.466 e. The Bertz CT molecular complexity index is 1470. The van der Waals surface area contributed by atoms with Crippen LogP contribution < -0.4 is 10.1 Å². The van der Waals surface area contributed by atoms with Gasteiger partial charge in [-0.05, 0) is 68.3 Å². The summed E-state index contributed by atoms with van der Waals surface area (Å²) in [5, 5.41) is 16.1. The molecule has 4 aromatic heterocycles. The van der Waals surface area contributed by atoms with Crippen LogP contribution >= 0.6 is 0 Å². The Kier molecular flexibility index (Phi) is 5.48. The number of ether oxygens (including phenoxy) is 1. The van der Waals surface area contributed by atoms with Crippen molar-refractivity contribution in [2.45, 2.75) is 38.5 Å². The Morgan fingerprint density at radius 1 is 1.06 bits per heavy atom. The van der Waals surface area contributed by atoms with E-state index in [1.165, 1.54) is 0 Å². The van der Waals surface area contributed by atoms with E-state index in [9.17, 15) is 4.79 Å². The molecule has 0 radical (unpaired) electrons. The van der Waals surface area contributed by atoms with Crippen molar-refractivity contribution in [2.75, 3.05) is 5.32 Å². The fourth-order valence-corrected chi connectivity index (χ4v) is 4.20. The van der Waals surface area contributed by atoms with Crippen molar-refractivity contribution in [3.63, 3.8) is 0 Å². The molecule has 0 saturated heterocycles. The number of aryl methyl sites for hydroxylation is 1. The number of pyridine rings is 1. The number of hydrogen-bond acceptors (Lipinski definition) is 6. The molecule has 1 atom stereocenters. The molecule has 4 heterocycles. The number of fused-ring (bicyclic) bond motifs is 1. The summed E-state index contributed by atoms with van der Waals surface area (Å²) >= 11 is 0. The fourth-order valence-electron chi connectivity index (χ4n) is 4.20. The maximum atomic E-state index is 12.1. The second kappa shape index (κ2) is 8.95. The van der Waals surface area contributed by atoms with Gasteiger partial charge in [-0.25, -0.2) is 9.20 Å². The van der Waals surface area contributed by atoms with Crippen LogP contribution in [0.5, 0.6) is 5.75 Å². The van der Waals surface area contributed by atoms with Crippen LogP contribution in [0.3, 0.4) is 0 Å². The number of carbonyl (C=O) groups excluding carboxylic acids is 1. The van der Waals surface area contributed by atoms with Gasteiger partial charge < -0.3 is 4.74 Å². The maximum Gasteiger partial charge on any atom is 0.249 e. The molecule has 182 valence electrons. The smallest absolute Gasteiger partial charge is 0.249 e. The highest BCUT2D eigenvalue weighted by atomic mass is 16.5. The molecule has 1 aliphatic carbocycles. The first kappa shape index (κ1) is 22.0. The second-order valence-corrected chi connectivity index (χ2v) is 9.15. The lowest BCUT2D eigenvalue weighted by Gasteiger charge is -2.31. The lowest BCUT2D eigenvalue weighted by molar-refractivity contribution is -0.117. The molecule has 1 fully saturated rings. The van der Waals surface area contributed by atoms with Crippen LogP contribution in [0.1, 0.15) is 26.2 Å². The number of nitrogens with one attached hydrogen (secondary N) is 1. The van der Waals surface area contributed by atoms with Crippen LogP contribution in [0.4, 0.5) is 5.95 Å². The zero-order chi connectivity index (χ0) is 24.5. The molecule has 6 rings (SSSR count). The van der Waals surface area contributed by atoms with Gasteiger partial charge in [-0.3, -0.25) is 14.8 Å². The average molecular weight is 483 g/mol. The molecule has 1 aliphatic rings. The summed E-state index contributed by atoms with van der Waals surface area (Å²) < 4.78 is 11.9. The quantitative estimate of drug-likeness (QED) is 0.341. The van der Waals surface area contributed by atoms with Crippen LogP contribution in [0.25, 0.3) is 16.9 Å². The van der Waals surface area contributed by atoms with E-state index in [1.54, 1.807) is 16.9 Å². The number of rotatable bonds is 9. The number of carbonyl (C=O) groups is 1. The van der Waals surface area contributed by atoms with E-state index in [2.05, 4.69) is 25.6 Å². The van der Waals surface area contributed by atoms with Gasteiger partial charge in [0.05, 0.1) is 5.69 Å². The van der Waals surface area contributed by atoms with Crippen molar-refractivity contribution in [3.8, 4) is 17.0 Å². The molecule has 1 amide bonds. The Morgan fingerprint density at radius 2 is 1.86 bits per heavy atom. The topological polar surface area (TPSA) is 104 Å². The van der Waals surface area contributed by atoms with E-state index < -0.39 is 5.72 Å². The molecule has 36 heavy (non-hydrogen) atoms. The summed E-state index contributed by atoms with van der Waals surface area (Å²) in [6.07, 6.45) is 9.90. The van der Waals surface area contributed by atoms with Gasteiger partial charge in [0.25, 0.3) is 0 Å². The molecule has 5 aromatic rings. The highest BCUT2D eigenvalue weighted by Crippen LogP contribution is 2.31. The number of nitrogens with zero attached hydrogens (tertiary/aromatic N) is 7. The van der Waals surface area contributed by atoms with Crippen molar-refractivity contribution in [1.29, 1.82) is 0 Å². The van der Waals surface area contributed by atoms with Crippen LogP contribution in [0, 0.1) is 5.92 Å². The number of aromatic nitrogens is 7. The van der Waals surface area contributed by atoms with Crippen LogP contribution in [-0.2, 0) is 17.1 Å². The van der Waals surface area contributed by atoms with Crippen LogP contribution in [-0.4, -0.2) is 40.1 Å². The molecule has 0 spiro atoms. The number of amides is 1. The largest absolute Gasteiger partial charge is 0.466 e. The summed E-state index contributed by atoms with van der Waals surface area (Å²) in [5.74, 6) is 1.13. The van der Waals surface area contributed by atoms with E-state index in [0.717, 1.165) is 29.8 Å². The first-order valence-electron chi connectivity index (χ1n) is 12.0. The van der Waals surface area contributed by atoms with E-state index in [4.69, 9.17) is 4.74 Å². The van der Waals surface area contributed by atoms with Crippen LogP contribution in [0.15, 0.2) is 79.4 Å². The SMILES string of the molecule is CC(CCn1cccn1)(Oc1ccc(-c2cccc3nc(NC(=O)C4CC4)nn23)cc1)n1cccn1. The first-order chi connectivity index (χ1) is 17.6. The Balaban J connectivity index is 1.23. The molecular formula is C26H26N8O2. The third kappa shape index (κ3) is 4.45. The lowest BCUT2D eigenvalue weighted by atomic mass is 10.1. The number of anilines is 1. The van der Waals surface area contributed by atoms with Gasteiger partial charge in [0.15, 0.2) is 5.65 Å². The third-order valence-corrected chi connectivity index (χ3v) is 6.38. The minimum absolute atomic E-state index is 0.0123. The van der Waals surface area contributed by atoms with E-state index in [1.807, 2.05) is 83.3 Å². The summed E-state index contributed by atoms with van der Waals surface area (Å²) in [6, 6.07) is 17.4. The van der Waals surface area contributed by atoms with Crippen molar-refractivity contribution in [3.05, 3.63) is 79.4 Å². The molecular weight excluding hydrogens is 456 g/mol. The molecule has 10 nitrogen and oxygen atoms in total. The molecule has 1 aromatic carbocycles. The average Bonchev–Trinajstić information content (AvgIpc) is 3.27. The van der Waals surface area contributed by atoms with Gasteiger partial charge >= 0.3 is 0 Å². The monoisotopic (exact) mass is 482 g/mol. The van der Waals surface area contributed by atoms with Gasteiger partial charge in [0.2, 0.25) is 17.6 Å². The minimum atomic E-state index is -0.697. The van der Waals surface area contributed by atoms with E-state index in [-0.39, 0.29) is 11.8 Å². The Hall–Kier alpha value is -4.47. The first-order valence-corrected chi connectivity index (χ1v) is 12.0. The third-order valence-electron chi connectivity index (χ3n) is 6.38. The second-order valence-electron chi connectivity index (χ2n) is 9.15. The van der Waals surface area contributed by atoms with Gasteiger partial charge in [0.1, 0.15) is 5.75 Å². The maximum absolute atomic E-state index is 12.1. The zero-order valence-corrected chi connectivity index (χ0v) is 19.9. The van der Waals surface area contributed by atoms with Crippen molar-refractivity contribution >= 4 is 17.5 Å². The number of benzene rings is 1. The predicted molar refractivity (Wildman–Crippen MR) is 133 cm³/mol. The van der Waals surface area contributed by atoms with E-state index >= 15 is 0 Å². The Morgan fingerprint density at radius 3 is 2.58 bits per heavy atom. The molecule has 0 bridgehead atoms. The summed E-state index contributed by atoms with van der Waals surface area (Å²) in [7, 11) is 0. The van der Waals surface area contributed by atoms with Crippen molar-refractivity contribution < 1.29 is 9.53 Å². The normalized spacial score (nSPS) is 15.0. The van der Waals surface area contributed by atoms with Gasteiger partial charge in [-0.15, -0.1) is 5.10 Å². The van der Waals surface area contributed by atoms with Gasteiger partial charge in [-0.2, -0.15) is 15.2 Å². The molecule has 1 saturated carbocycles. The van der Waals surface area contributed by atoms with Crippen molar-refractivity contribution in [1.82, 2.24) is 34.2 Å². The highest BCUT2D eigenvalue weighted by Gasteiger charge is 2.31. The lowest BCUT2D eigenvalue weighted by Crippen LogP contribution is -2.38. The molecule has 1 N–H and O–H groups in total. The molecule has 0 aliphatic heterocycles. The van der Waals surface area contributed by atoms with Crippen molar-refractivity contribution in [2.24, 2.45) is 5.92 Å². The highest BCUT2D eigenvalue weighted by molar-refractivity contribution is 5.92. The van der Waals surface area contributed by atoms with Crippen LogP contribution in [0.2, 0.25) is 0 Å². The predicted octanol–water partition coefficient (Wildman–Crippen LogP) is 3.98. The zero-order valence-electron chi connectivity index (χ0n) is 19.9.